The molecule has 0 aromatic heterocycles. The van der Waals surface area contributed by atoms with Crippen LogP contribution in [0.2, 0.25) is 0 Å². The molecule has 9 heterocycles. The fraction of sp³-hybridized carbons (Fsp3) is 1.00. The van der Waals surface area contributed by atoms with Crippen molar-refractivity contribution in [2.75, 3.05) is 58.9 Å². The molecule has 29 heavy (non-hydrogen) atoms. The van der Waals surface area contributed by atoms with E-state index in [9.17, 15) is 0 Å². The van der Waals surface area contributed by atoms with Gasteiger partial charge in [-0.2, -0.15) is 7.82 Å². The van der Waals surface area contributed by atoms with Crippen LogP contribution in [-0.4, -0.2) is 58.9 Å². The summed E-state index contributed by atoms with van der Waals surface area (Å²) in [6.07, 6.45) is 13.7. The quantitative estimate of drug-likeness (QED) is 0.343. The first-order chi connectivity index (χ1) is 13.8. The lowest BCUT2D eigenvalue weighted by Gasteiger charge is -2.36. The van der Waals surface area contributed by atoms with Crippen LogP contribution >= 0.6 is 7.82 Å². The van der Waals surface area contributed by atoms with Crippen LogP contribution in [0.4, 0.5) is 0 Å². The Morgan fingerprint density at radius 3 is 0.621 bits per heavy atom. The van der Waals surface area contributed by atoms with Crippen LogP contribution in [0.1, 0.15) is 57.8 Å². The van der Waals surface area contributed by atoms with Crippen molar-refractivity contribution < 1.29 is 33.9 Å². The van der Waals surface area contributed by atoms with Crippen molar-refractivity contribution in [3.63, 3.8) is 0 Å². The topological polar surface area (TPSA) is 99.6 Å². The molecular weight excluding hydrogens is 389 g/mol. The number of fused-ring (bicyclic) bond motifs is 9. The number of rotatable bonds is 0. The third-order valence-corrected chi connectivity index (χ3v) is 8.16. The Kier molecular flexibility index (Phi) is 9.43. The molecule has 0 spiro atoms. The summed E-state index contributed by atoms with van der Waals surface area (Å²) in [5.41, 5.74) is 0. The molecule has 9 rings (SSSR count). The average molecular weight is 432 g/mol. The summed E-state index contributed by atoms with van der Waals surface area (Å²) in [6.45, 7) is 13.3. The summed E-state index contributed by atoms with van der Waals surface area (Å²) in [6, 6.07) is 0. The molecule has 0 atom stereocenters. The summed E-state index contributed by atoms with van der Waals surface area (Å²) in [4.78, 5) is 31.2. The summed E-state index contributed by atoms with van der Waals surface area (Å²) < 4.78 is 8.55. The van der Waals surface area contributed by atoms with Crippen molar-refractivity contribution in [2.45, 2.75) is 57.8 Å². The Morgan fingerprint density at radius 1 is 0.448 bits per heavy atom. The van der Waals surface area contributed by atoms with Crippen LogP contribution in [0.5, 0.6) is 0 Å². The molecule has 7 nitrogen and oxygen atoms in total. The van der Waals surface area contributed by atoms with Gasteiger partial charge >= 0.3 is 0 Å². The van der Waals surface area contributed by atoms with E-state index < -0.39 is 7.82 Å². The number of phosphoric acid groups is 1. The van der Waals surface area contributed by atoms with Crippen LogP contribution in [0.25, 0.3) is 0 Å². The number of hydrogen-bond donors (Lipinski definition) is 3. The summed E-state index contributed by atoms with van der Waals surface area (Å²) in [7, 11) is -5.39. The van der Waals surface area contributed by atoms with Crippen LogP contribution in [0.15, 0.2) is 0 Å². The van der Waals surface area contributed by atoms with Gasteiger partial charge in [0.05, 0.1) is 58.9 Å². The largest absolute Gasteiger partial charge is 0.822 e. The number of quaternary nitrogens is 3. The second-order valence-corrected chi connectivity index (χ2v) is 11.0. The van der Waals surface area contributed by atoms with Crippen LogP contribution in [0.3, 0.4) is 0 Å². The van der Waals surface area contributed by atoms with Crippen molar-refractivity contribution in [2.24, 2.45) is 17.8 Å². The molecule has 0 amide bonds. The molecule has 0 unspecified atom stereocenters. The van der Waals surface area contributed by atoms with E-state index in [0.29, 0.717) is 0 Å². The van der Waals surface area contributed by atoms with Crippen molar-refractivity contribution in [1.29, 1.82) is 0 Å². The lowest BCUT2D eigenvalue weighted by molar-refractivity contribution is -0.916. The molecule has 170 valence electrons. The van der Waals surface area contributed by atoms with Crippen molar-refractivity contribution in [3.8, 4) is 0 Å². The lowest BCUT2D eigenvalue weighted by atomic mass is 9.89. The molecule has 0 radical (unpaired) electrons. The van der Waals surface area contributed by atoms with Gasteiger partial charge in [0, 0.05) is 0 Å². The van der Waals surface area contributed by atoms with Gasteiger partial charge in [0.15, 0.2) is 0 Å². The maximum absolute atomic E-state index is 8.55. The minimum absolute atomic E-state index is 1.13. The second-order valence-electron chi connectivity index (χ2n) is 10.1. The molecule has 0 saturated carbocycles. The van der Waals surface area contributed by atoms with Gasteiger partial charge in [-0.25, -0.2) is 0 Å². The molecule has 8 heteroatoms. The average Bonchev–Trinajstić information content (AvgIpc) is 2.78. The first-order valence-electron chi connectivity index (χ1n) is 12.1. The number of nitrogens with one attached hydrogen (secondary N) is 3. The van der Waals surface area contributed by atoms with Crippen LogP contribution < -0.4 is 29.4 Å². The molecule has 0 aliphatic carbocycles. The smallest absolute Gasteiger partial charge is 0.0773 e. The van der Waals surface area contributed by atoms with Gasteiger partial charge in [-0.1, -0.05) is 0 Å². The minimum atomic E-state index is -5.39. The van der Waals surface area contributed by atoms with Gasteiger partial charge in [0.1, 0.15) is 0 Å². The number of piperidine rings is 9. The molecule has 0 aromatic rings. The highest BCUT2D eigenvalue weighted by molar-refractivity contribution is 7.40. The molecule has 9 fully saturated rings. The Bertz CT molecular complexity index is 374. The fourth-order valence-corrected chi connectivity index (χ4v) is 6.10. The lowest BCUT2D eigenvalue weighted by Crippen LogP contribution is -3.14. The zero-order valence-corrected chi connectivity index (χ0v) is 18.9. The zero-order valence-electron chi connectivity index (χ0n) is 18.0. The van der Waals surface area contributed by atoms with E-state index in [1.165, 1.54) is 117 Å². The summed E-state index contributed by atoms with van der Waals surface area (Å²) in [5, 5.41) is 0. The normalized spacial score (nSPS) is 39.3. The van der Waals surface area contributed by atoms with Gasteiger partial charge in [0.2, 0.25) is 0 Å². The van der Waals surface area contributed by atoms with E-state index in [2.05, 4.69) is 0 Å². The Labute approximate surface area is 176 Å². The predicted octanol–water partition coefficient (Wildman–Crippen LogP) is -3.77. The van der Waals surface area contributed by atoms with E-state index in [-0.39, 0.29) is 0 Å². The van der Waals surface area contributed by atoms with E-state index in [4.69, 9.17) is 19.2 Å². The van der Waals surface area contributed by atoms with E-state index >= 15 is 0 Å². The maximum atomic E-state index is 8.55. The second kappa shape index (κ2) is 11.6. The third kappa shape index (κ3) is 9.34. The Balaban J connectivity index is 0.000000113. The molecular formula is C21H42N3O4P. The SMILES string of the molecule is C1C[NH+]2CCC1CC2.C1C[NH+]2CCC1CC2.C1C[NH+]2CCC1CC2.O=P([O-])([O-])[O-]. The van der Waals surface area contributed by atoms with Crippen molar-refractivity contribution in [3.05, 3.63) is 0 Å². The van der Waals surface area contributed by atoms with Gasteiger partial charge in [0.25, 0.3) is 0 Å². The molecule has 9 aliphatic rings. The van der Waals surface area contributed by atoms with Crippen molar-refractivity contribution >= 4 is 7.82 Å². The highest BCUT2D eigenvalue weighted by Crippen LogP contribution is 2.17. The first-order valence-corrected chi connectivity index (χ1v) is 13.5. The maximum Gasteiger partial charge on any atom is 0.0773 e. The van der Waals surface area contributed by atoms with Gasteiger partial charge < -0.3 is 33.9 Å². The van der Waals surface area contributed by atoms with Gasteiger partial charge in [-0.3, -0.25) is 0 Å². The number of hydrogen-bond acceptors (Lipinski definition) is 4. The highest BCUT2D eigenvalue weighted by atomic mass is 31.2. The monoisotopic (exact) mass is 431 g/mol. The fourth-order valence-electron chi connectivity index (χ4n) is 6.10. The molecule has 6 bridgehead atoms. The molecule has 3 N–H and O–H groups in total. The molecule has 9 aliphatic heterocycles. The third-order valence-electron chi connectivity index (χ3n) is 8.16. The van der Waals surface area contributed by atoms with E-state index in [1.807, 2.05) is 14.7 Å². The van der Waals surface area contributed by atoms with E-state index in [0.717, 1.165) is 17.8 Å². The van der Waals surface area contributed by atoms with Crippen LogP contribution in [-0.2, 0) is 4.57 Å². The van der Waals surface area contributed by atoms with Gasteiger partial charge in [-0.15, -0.1) is 0 Å². The summed E-state index contributed by atoms with van der Waals surface area (Å²) >= 11 is 0. The van der Waals surface area contributed by atoms with Crippen LogP contribution in [0, 0.1) is 17.8 Å². The van der Waals surface area contributed by atoms with Crippen molar-refractivity contribution in [1.82, 2.24) is 0 Å². The standard InChI is InChI=1S/3C7H13N.H3O4P/c3*1-4-8-5-2-7(1)3-6-8;1-5(2,3)4/h3*7H,1-6H2;(H3,1,2,3,4). The minimum Gasteiger partial charge on any atom is -0.822 e. The summed E-state index contributed by atoms with van der Waals surface area (Å²) in [5.74, 6) is 3.40. The first kappa shape index (κ1) is 23.6. The molecule has 9 saturated heterocycles. The highest BCUT2D eigenvalue weighted by Gasteiger charge is 2.29. The zero-order chi connectivity index (χ0) is 20.7. The predicted molar refractivity (Wildman–Crippen MR) is 106 cm³/mol. The van der Waals surface area contributed by atoms with E-state index in [1.54, 1.807) is 0 Å². The van der Waals surface area contributed by atoms with Gasteiger partial charge in [-0.05, 0) is 75.5 Å². The Hall–Kier alpha value is -0.0100. The molecule has 0 aromatic carbocycles. The Morgan fingerprint density at radius 2 is 0.586 bits per heavy atom.